The Labute approximate surface area is 154 Å². The average Bonchev–Trinajstić information content (AvgIpc) is 3.19. The van der Waals surface area contributed by atoms with Crippen LogP contribution in [0.3, 0.4) is 0 Å². The van der Waals surface area contributed by atoms with Gasteiger partial charge in [0.25, 0.3) is 5.91 Å². The highest BCUT2D eigenvalue weighted by atomic mass is 16.2. The van der Waals surface area contributed by atoms with E-state index in [-0.39, 0.29) is 11.9 Å². The van der Waals surface area contributed by atoms with E-state index in [0.717, 1.165) is 35.2 Å². The Kier molecular flexibility index (Phi) is 4.70. The first kappa shape index (κ1) is 17.1. The molecular weight excluding hydrogens is 326 g/mol. The molecule has 1 aliphatic carbocycles. The Hall–Kier alpha value is -2.30. The van der Waals surface area contributed by atoms with E-state index in [2.05, 4.69) is 17.2 Å². The molecule has 1 saturated carbocycles. The van der Waals surface area contributed by atoms with Crippen molar-refractivity contribution in [2.75, 3.05) is 6.54 Å². The number of carbonyl (C=O) groups is 2. The highest BCUT2D eigenvalue weighted by Gasteiger charge is 2.39. The van der Waals surface area contributed by atoms with E-state index < -0.39 is 6.04 Å². The largest absolute Gasteiger partial charge is 0.361 e. The fourth-order valence-corrected chi connectivity index (χ4v) is 4.61. The van der Waals surface area contributed by atoms with Crippen LogP contribution < -0.4 is 5.32 Å². The van der Waals surface area contributed by atoms with Crippen molar-refractivity contribution in [3.05, 3.63) is 36.0 Å². The van der Waals surface area contributed by atoms with Crippen molar-refractivity contribution in [2.45, 2.75) is 51.5 Å². The van der Waals surface area contributed by atoms with Gasteiger partial charge in [-0.2, -0.15) is 0 Å². The molecule has 26 heavy (non-hydrogen) atoms. The molecule has 1 saturated heterocycles. The molecule has 138 valence electrons. The number of amides is 3. The molecule has 2 heterocycles. The lowest BCUT2D eigenvalue weighted by Gasteiger charge is -2.30. The maximum Gasteiger partial charge on any atom is 0.324 e. The number of rotatable bonds is 5. The maximum absolute atomic E-state index is 12.8. The molecule has 2 fully saturated rings. The van der Waals surface area contributed by atoms with Gasteiger partial charge in [0.15, 0.2) is 0 Å². The Balaban J connectivity index is 1.43. The van der Waals surface area contributed by atoms with E-state index in [9.17, 15) is 9.59 Å². The molecule has 1 aliphatic heterocycles. The summed E-state index contributed by atoms with van der Waals surface area (Å²) in [6.07, 6.45) is 8.44. The van der Waals surface area contributed by atoms with Crippen LogP contribution in [0.15, 0.2) is 30.5 Å². The van der Waals surface area contributed by atoms with Crippen LogP contribution in [0, 0.1) is 11.8 Å². The van der Waals surface area contributed by atoms with Gasteiger partial charge in [0, 0.05) is 30.1 Å². The summed E-state index contributed by atoms with van der Waals surface area (Å²) in [7, 11) is 0. The van der Waals surface area contributed by atoms with E-state index >= 15 is 0 Å². The number of fused-ring (bicyclic) bond motifs is 1. The monoisotopic (exact) mass is 353 g/mol. The van der Waals surface area contributed by atoms with Gasteiger partial charge in [0.05, 0.1) is 0 Å². The molecule has 1 aromatic heterocycles. The number of hydrogen-bond acceptors (Lipinski definition) is 2. The number of nitrogens with zero attached hydrogens (tertiary/aromatic N) is 1. The fraction of sp³-hybridized carbons (Fsp3) is 0.524. The van der Waals surface area contributed by atoms with Crippen LogP contribution in [-0.4, -0.2) is 34.4 Å². The number of aromatic nitrogens is 1. The van der Waals surface area contributed by atoms with Gasteiger partial charge in [-0.05, 0) is 36.3 Å². The second kappa shape index (κ2) is 7.14. The third-order valence-corrected chi connectivity index (χ3v) is 6.12. The van der Waals surface area contributed by atoms with E-state index in [1.807, 2.05) is 30.5 Å². The minimum Gasteiger partial charge on any atom is -0.361 e. The summed E-state index contributed by atoms with van der Waals surface area (Å²) in [6.45, 7) is 2.81. The number of carbonyl (C=O) groups excluding carboxylic acids is 2. The van der Waals surface area contributed by atoms with Crippen LogP contribution in [0.25, 0.3) is 10.9 Å². The molecule has 4 rings (SSSR count). The number of H-pyrrole nitrogens is 1. The lowest BCUT2D eigenvalue weighted by molar-refractivity contribution is -0.128. The van der Waals surface area contributed by atoms with Crippen LogP contribution in [0.2, 0.25) is 0 Å². The molecule has 2 aromatic rings. The number of aromatic amines is 1. The van der Waals surface area contributed by atoms with Gasteiger partial charge in [-0.15, -0.1) is 0 Å². The Morgan fingerprint density at radius 1 is 1.15 bits per heavy atom. The smallest absolute Gasteiger partial charge is 0.324 e. The average molecular weight is 353 g/mol. The summed E-state index contributed by atoms with van der Waals surface area (Å²) < 4.78 is 0. The summed E-state index contributed by atoms with van der Waals surface area (Å²) in [4.78, 5) is 29.9. The Bertz CT molecular complexity index is 812. The van der Waals surface area contributed by atoms with Crippen molar-refractivity contribution in [1.82, 2.24) is 15.2 Å². The molecule has 2 aliphatic rings. The summed E-state index contributed by atoms with van der Waals surface area (Å²) in [5.74, 6) is 1.13. The van der Waals surface area contributed by atoms with Crippen LogP contribution in [0.5, 0.6) is 0 Å². The quantitative estimate of drug-likeness (QED) is 0.802. The molecule has 3 atom stereocenters. The predicted molar refractivity (Wildman–Crippen MR) is 102 cm³/mol. The van der Waals surface area contributed by atoms with E-state index in [4.69, 9.17) is 0 Å². The molecule has 5 heteroatoms. The number of benzene rings is 1. The molecule has 5 nitrogen and oxygen atoms in total. The standard InChI is InChI=1S/C21H27N3O2/c1-2-14-6-5-7-15(10-14)13-24-20(25)19(23-21(24)26)11-16-12-22-18-9-4-3-8-17(16)18/h3-4,8-9,12,14-15,19,22H,2,5-7,10-11,13H2,1H3,(H,23,26)/t14-,15+,19-/m0/s1. The van der Waals surface area contributed by atoms with Gasteiger partial charge in [0.1, 0.15) is 6.04 Å². The Morgan fingerprint density at radius 3 is 2.81 bits per heavy atom. The molecule has 0 spiro atoms. The van der Waals surface area contributed by atoms with Crippen molar-refractivity contribution in [3.8, 4) is 0 Å². The van der Waals surface area contributed by atoms with E-state index in [0.29, 0.717) is 18.9 Å². The minimum atomic E-state index is -0.452. The zero-order chi connectivity index (χ0) is 18.1. The first-order valence-corrected chi connectivity index (χ1v) is 9.82. The molecular formula is C21H27N3O2. The van der Waals surface area contributed by atoms with Crippen molar-refractivity contribution >= 4 is 22.8 Å². The number of nitrogens with one attached hydrogen (secondary N) is 2. The number of urea groups is 1. The second-order valence-corrected chi connectivity index (χ2v) is 7.82. The molecule has 2 N–H and O–H groups in total. The van der Waals surface area contributed by atoms with Crippen LogP contribution in [0.1, 0.15) is 44.6 Å². The van der Waals surface area contributed by atoms with Gasteiger partial charge in [-0.1, -0.05) is 44.4 Å². The Morgan fingerprint density at radius 2 is 1.96 bits per heavy atom. The number of hydrogen-bond donors (Lipinski definition) is 2. The molecule has 0 bridgehead atoms. The van der Waals surface area contributed by atoms with Crippen molar-refractivity contribution in [2.24, 2.45) is 11.8 Å². The molecule has 1 aromatic carbocycles. The maximum atomic E-state index is 12.8. The van der Waals surface area contributed by atoms with Gasteiger partial charge in [-0.25, -0.2) is 4.79 Å². The van der Waals surface area contributed by atoms with Crippen molar-refractivity contribution in [3.63, 3.8) is 0 Å². The third-order valence-electron chi connectivity index (χ3n) is 6.12. The summed E-state index contributed by atoms with van der Waals surface area (Å²) in [6, 6.07) is 7.38. The zero-order valence-corrected chi connectivity index (χ0v) is 15.3. The van der Waals surface area contributed by atoms with Crippen LogP contribution >= 0.6 is 0 Å². The fourth-order valence-electron chi connectivity index (χ4n) is 4.61. The summed E-state index contributed by atoms with van der Waals surface area (Å²) in [5, 5.41) is 4.01. The number of imide groups is 1. The normalized spacial score (nSPS) is 26.5. The first-order valence-electron chi connectivity index (χ1n) is 9.82. The van der Waals surface area contributed by atoms with Crippen LogP contribution in [0.4, 0.5) is 4.79 Å². The van der Waals surface area contributed by atoms with Gasteiger partial charge in [-0.3, -0.25) is 9.69 Å². The molecule has 3 amide bonds. The zero-order valence-electron chi connectivity index (χ0n) is 15.3. The summed E-state index contributed by atoms with van der Waals surface area (Å²) in [5.41, 5.74) is 2.13. The second-order valence-electron chi connectivity index (χ2n) is 7.82. The van der Waals surface area contributed by atoms with Gasteiger partial charge in [0.2, 0.25) is 0 Å². The van der Waals surface area contributed by atoms with E-state index in [1.54, 1.807) is 0 Å². The van der Waals surface area contributed by atoms with Crippen molar-refractivity contribution < 1.29 is 9.59 Å². The number of para-hydroxylation sites is 1. The molecule has 0 radical (unpaired) electrons. The minimum absolute atomic E-state index is 0.0705. The topological polar surface area (TPSA) is 65.2 Å². The van der Waals surface area contributed by atoms with Crippen molar-refractivity contribution in [1.29, 1.82) is 0 Å². The van der Waals surface area contributed by atoms with Crippen LogP contribution in [-0.2, 0) is 11.2 Å². The highest BCUT2D eigenvalue weighted by Crippen LogP contribution is 2.32. The SMILES string of the molecule is CC[C@H]1CCC[C@@H](CN2C(=O)N[C@@H](Cc3c[nH]c4ccccc34)C2=O)C1. The lowest BCUT2D eigenvalue weighted by atomic mass is 9.80. The van der Waals surface area contributed by atoms with E-state index in [1.165, 1.54) is 24.2 Å². The third kappa shape index (κ3) is 3.22. The van der Waals surface area contributed by atoms with Gasteiger partial charge < -0.3 is 10.3 Å². The predicted octanol–water partition coefficient (Wildman–Crippen LogP) is 3.85. The molecule has 0 unspecified atom stereocenters. The highest BCUT2D eigenvalue weighted by molar-refractivity contribution is 6.04. The lowest BCUT2D eigenvalue weighted by Crippen LogP contribution is -2.37. The van der Waals surface area contributed by atoms with Gasteiger partial charge >= 0.3 is 6.03 Å². The first-order chi connectivity index (χ1) is 12.7. The summed E-state index contributed by atoms with van der Waals surface area (Å²) >= 11 is 0.